The number of amides is 1. The quantitative estimate of drug-likeness (QED) is 0.0199. The lowest BCUT2D eigenvalue weighted by molar-refractivity contribution is -0.379. The lowest BCUT2D eigenvalue weighted by Gasteiger charge is -2.48. The SMILES string of the molecule is CC/C=C\C/C=C\C/C=C\C/C=C\C/C=C\CCCCCCCCCCCCCCCCCC(=O)NC(COC1OC(CO)C(OC2OC(CO)C(OC3OC(CO)C(O)C(O)C3O)C(O)C2O)C(O)C1O)C(O)/C=C/CC/C=C/CC/C=C/CCCCCCCCCCCCCCCCCC. The Morgan fingerprint density at radius 1 is 0.363 bits per heavy atom. The number of aliphatic hydroxyl groups excluding tert-OH is 11. The predicted molar refractivity (Wildman–Crippen MR) is 406 cm³/mol. The molecule has 17 atom stereocenters. The molecule has 3 heterocycles. The van der Waals surface area contributed by atoms with Crippen LogP contribution in [-0.2, 0) is 33.2 Å². The van der Waals surface area contributed by atoms with E-state index in [2.05, 4.69) is 104 Å². The van der Waals surface area contributed by atoms with E-state index < -0.39 is 124 Å². The number of allylic oxidation sites excluding steroid dienone is 15. The maximum absolute atomic E-state index is 13.5. The van der Waals surface area contributed by atoms with Gasteiger partial charge in [0.1, 0.15) is 73.2 Å². The summed E-state index contributed by atoms with van der Waals surface area (Å²) in [6.07, 6.45) is 58.2. The number of hydrogen-bond acceptors (Lipinski definition) is 18. The molecule has 102 heavy (non-hydrogen) atoms. The molecule has 0 aliphatic carbocycles. The van der Waals surface area contributed by atoms with Gasteiger partial charge >= 0.3 is 0 Å². The van der Waals surface area contributed by atoms with E-state index in [1.54, 1.807) is 6.08 Å². The van der Waals surface area contributed by atoms with Crippen molar-refractivity contribution < 1.29 is 89.4 Å². The van der Waals surface area contributed by atoms with Crippen LogP contribution in [-0.4, -0.2) is 193 Å². The summed E-state index contributed by atoms with van der Waals surface area (Å²) < 4.78 is 34.4. The van der Waals surface area contributed by atoms with Crippen molar-refractivity contribution in [3.8, 4) is 0 Å². The Bertz CT molecular complexity index is 2220. The van der Waals surface area contributed by atoms with E-state index >= 15 is 0 Å². The van der Waals surface area contributed by atoms with E-state index in [-0.39, 0.29) is 18.9 Å². The summed E-state index contributed by atoms with van der Waals surface area (Å²) in [6.45, 7) is 1.62. The van der Waals surface area contributed by atoms with Crippen LogP contribution in [0.1, 0.15) is 290 Å². The molecule has 1 amide bonds. The molecule has 19 nitrogen and oxygen atoms in total. The van der Waals surface area contributed by atoms with Crippen LogP contribution < -0.4 is 5.32 Å². The Hall–Kier alpha value is -3.29. The largest absolute Gasteiger partial charge is 0.394 e. The van der Waals surface area contributed by atoms with E-state index in [4.69, 9.17) is 28.4 Å². The monoisotopic (exact) mass is 1440 g/mol. The van der Waals surface area contributed by atoms with Crippen molar-refractivity contribution in [3.63, 3.8) is 0 Å². The molecule has 0 aromatic heterocycles. The minimum absolute atomic E-state index is 0.227. The molecule has 3 fully saturated rings. The molecule has 0 saturated carbocycles. The topological polar surface area (TPSA) is 307 Å². The zero-order valence-corrected chi connectivity index (χ0v) is 63.1. The highest BCUT2D eigenvalue weighted by Crippen LogP contribution is 2.33. The van der Waals surface area contributed by atoms with Crippen LogP contribution in [0.2, 0.25) is 0 Å². The molecule has 590 valence electrons. The number of carbonyl (C=O) groups is 1. The summed E-state index contributed by atoms with van der Waals surface area (Å²) in [6, 6.07) is -1.00. The fourth-order valence-corrected chi connectivity index (χ4v) is 13.1. The number of rotatable bonds is 63. The van der Waals surface area contributed by atoms with Crippen LogP contribution >= 0.6 is 0 Å². The van der Waals surface area contributed by atoms with Gasteiger partial charge in [0.05, 0.1) is 38.6 Å². The Kier molecular flexibility index (Phi) is 57.1. The van der Waals surface area contributed by atoms with Crippen molar-refractivity contribution in [2.45, 2.75) is 394 Å². The highest BCUT2D eigenvalue weighted by Gasteiger charge is 2.54. The van der Waals surface area contributed by atoms with E-state index in [1.807, 2.05) is 6.08 Å². The van der Waals surface area contributed by atoms with Gasteiger partial charge in [-0.1, -0.05) is 291 Å². The van der Waals surface area contributed by atoms with Gasteiger partial charge in [0.2, 0.25) is 5.91 Å². The van der Waals surface area contributed by atoms with Crippen LogP contribution in [0, 0.1) is 0 Å². The van der Waals surface area contributed by atoms with Crippen molar-refractivity contribution in [1.29, 1.82) is 0 Å². The molecule has 3 aliphatic rings. The molecule has 0 aromatic rings. The normalized spacial score (nSPS) is 26.7. The van der Waals surface area contributed by atoms with Gasteiger partial charge in [0, 0.05) is 6.42 Å². The van der Waals surface area contributed by atoms with Crippen molar-refractivity contribution >= 4 is 5.91 Å². The van der Waals surface area contributed by atoms with Gasteiger partial charge in [-0.25, -0.2) is 0 Å². The smallest absolute Gasteiger partial charge is 0.220 e. The predicted octanol–water partition coefficient (Wildman–Crippen LogP) is 13.6. The highest BCUT2D eigenvalue weighted by molar-refractivity contribution is 5.76. The summed E-state index contributed by atoms with van der Waals surface area (Å²) in [4.78, 5) is 13.5. The third-order valence-corrected chi connectivity index (χ3v) is 19.6. The van der Waals surface area contributed by atoms with Gasteiger partial charge in [-0.15, -0.1) is 0 Å². The fourth-order valence-electron chi connectivity index (χ4n) is 13.1. The minimum atomic E-state index is -1.99. The van der Waals surface area contributed by atoms with Gasteiger partial charge < -0.3 is 89.9 Å². The lowest BCUT2D eigenvalue weighted by Crippen LogP contribution is -2.66. The molecule has 3 rings (SSSR count). The van der Waals surface area contributed by atoms with E-state index in [1.165, 1.54) is 173 Å². The van der Waals surface area contributed by atoms with Crippen LogP contribution in [0.3, 0.4) is 0 Å². The Balaban J connectivity index is 1.39. The first kappa shape index (κ1) is 92.9. The van der Waals surface area contributed by atoms with Crippen LogP contribution in [0.25, 0.3) is 0 Å². The number of hydrogen-bond donors (Lipinski definition) is 12. The summed E-state index contributed by atoms with van der Waals surface area (Å²) in [5, 5.41) is 121. The van der Waals surface area contributed by atoms with Gasteiger partial charge in [0.15, 0.2) is 18.9 Å². The summed E-state index contributed by atoms with van der Waals surface area (Å²) in [5.41, 5.74) is 0. The molecule has 17 unspecified atom stereocenters. The van der Waals surface area contributed by atoms with Gasteiger partial charge in [-0.2, -0.15) is 0 Å². The number of unbranched alkanes of at least 4 members (excludes halogenated alkanes) is 33. The number of nitrogens with one attached hydrogen (secondary N) is 1. The van der Waals surface area contributed by atoms with Crippen molar-refractivity contribution in [2.75, 3.05) is 26.4 Å². The molecule has 0 aromatic carbocycles. The van der Waals surface area contributed by atoms with E-state index in [0.717, 1.165) is 83.5 Å². The van der Waals surface area contributed by atoms with E-state index in [0.29, 0.717) is 12.8 Å². The van der Waals surface area contributed by atoms with Gasteiger partial charge in [0.25, 0.3) is 0 Å². The van der Waals surface area contributed by atoms with Crippen LogP contribution in [0.4, 0.5) is 0 Å². The number of ether oxygens (including phenoxy) is 6. The van der Waals surface area contributed by atoms with Crippen molar-refractivity contribution in [1.82, 2.24) is 5.32 Å². The molecule has 0 spiro atoms. The minimum Gasteiger partial charge on any atom is -0.394 e. The van der Waals surface area contributed by atoms with Gasteiger partial charge in [-0.3, -0.25) is 4.79 Å². The lowest BCUT2D eigenvalue weighted by atomic mass is 9.96. The van der Waals surface area contributed by atoms with Crippen LogP contribution in [0.5, 0.6) is 0 Å². The third kappa shape index (κ3) is 42.3. The molecule has 3 saturated heterocycles. The first-order valence-electron chi connectivity index (χ1n) is 40.5. The second kappa shape index (κ2) is 62.7. The van der Waals surface area contributed by atoms with Crippen LogP contribution in [0.15, 0.2) is 97.2 Å². The zero-order chi connectivity index (χ0) is 73.9. The van der Waals surface area contributed by atoms with Crippen molar-refractivity contribution in [2.24, 2.45) is 0 Å². The second-order valence-electron chi connectivity index (χ2n) is 28.5. The first-order valence-corrected chi connectivity index (χ1v) is 40.5. The first-order chi connectivity index (χ1) is 49.8. The average Bonchev–Trinajstić information content (AvgIpc) is 0.781. The summed E-state index contributed by atoms with van der Waals surface area (Å²) >= 11 is 0. The fraction of sp³-hybridized carbons (Fsp3) is 0.795. The Labute approximate surface area is 615 Å². The van der Waals surface area contributed by atoms with E-state index in [9.17, 15) is 61.0 Å². The number of aliphatic hydroxyl groups is 11. The summed E-state index contributed by atoms with van der Waals surface area (Å²) in [5.74, 6) is -0.290. The molecular formula is C83H145NO18. The standard InChI is InChI=1S/C83H145NO18/c1-3-5-7-9-11-13-15-17-19-21-23-25-27-29-31-32-33-34-35-37-39-41-43-45-47-49-51-53-55-57-59-61-71(89)84-66(67(88)60-58-56-54-52-50-48-46-44-42-40-38-36-30-28-26-24-22-20-18-16-14-12-10-8-6-4-2)65-97-81-77(95)74(92)79(69(63-86)99-81)102-83-78(96)75(93)80(70(64-87)100-83)101-82-76(94)73(91)72(90)68(62-85)98-82/h5,7,11,13,17,19,23,25,29,31,42,44,50,52,58,60,66-70,72-83,85-88,90-96H,3-4,6,8-10,12,14-16,18,20-22,24,26-28,30,32-41,43,45-49,51,53-57,59,61-65H2,1-2H3,(H,84,89)/b7-5-,13-11-,19-17-,25-23-,31-29-,44-42+,52-50+,60-58+. The molecule has 0 bridgehead atoms. The molecule has 3 aliphatic heterocycles. The number of carbonyl (C=O) groups excluding carboxylic acids is 1. The Morgan fingerprint density at radius 3 is 1.10 bits per heavy atom. The van der Waals surface area contributed by atoms with Crippen molar-refractivity contribution in [3.05, 3.63) is 97.2 Å². The highest BCUT2D eigenvalue weighted by atomic mass is 16.8. The summed E-state index contributed by atoms with van der Waals surface area (Å²) in [7, 11) is 0. The molecular weight excluding hydrogens is 1300 g/mol. The zero-order valence-electron chi connectivity index (χ0n) is 63.1. The third-order valence-electron chi connectivity index (χ3n) is 19.6. The van der Waals surface area contributed by atoms with Gasteiger partial charge in [-0.05, 0) is 89.9 Å². The molecule has 0 radical (unpaired) electrons. The Morgan fingerprint density at radius 2 is 0.686 bits per heavy atom. The maximum atomic E-state index is 13.5. The average molecular weight is 1450 g/mol. The molecule has 19 heteroatoms. The maximum Gasteiger partial charge on any atom is 0.220 e. The second-order valence-corrected chi connectivity index (χ2v) is 28.5. The molecule has 12 N–H and O–H groups in total.